The van der Waals surface area contributed by atoms with Gasteiger partial charge in [-0.2, -0.15) is 0 Å². The fraction of sp³-hybridized carbons (Fsp3) is 0.400. The minimum Gasteiger partial charge on any atom is -0.497 e. The molecule has 0 spiro atoms. The maximum atomic E-state index is 5.03. The van der Waals surface area contributed by atoms with Gasteiger partial charge in [-0.05, 0) is 24.7 Å². The van der Waals surface area contributed by atoms with Crippen molar-refractivity contribution in [2.24, 2.45) is 0 Å². The highest BCUT2D eigenvalue weighted by atomic mass is 16.5. The van der Waals surface area contributed by atoms with Crippen molar-refractivity contribution in [2.45, 2.75) is 14.0 Å². The van der Waals surface area contributed by atoms with Gasteiger partial charge >= 0.3 is 0 Å². The molecule has 0 aliphatic heterocycles. The van der Waals surface area contributed by atoms with E-state index >= 15 is 0 Å². The summed E-state index contributed by atoms with van der Waals surface area (Å²) in [6.45, 7) is 0.907. The normalized spacial score (nSPS) is 8.83. The van der Waals surface area contributed by atoms with E-state index in [1.165, 1.54) is 5.56 Å². The number of nitrogens with one attached hydrogen (secondary N) is 1. The quantitative estimate of drug-likeness (QED) is 0.744. The molecule has 0 bridgehead atoms. The molecule has 2 heteroatoms. The smallest absolute Gasteiger partial charge is 0.118 e. The van der Waals surface area contributed by atoms with Gasteiger partial charge < -0.3 is 10.1 Å². The van der Waals surface area contributed by atoms with Gasteiger partial charge in [0.05, 0.1) is 7.11 Å². The number of hydrogen-bond acceptors (Lipinski definition) is 2. The highest BCUT2D eigenvalue weighted by Crippen LogP contribution is 2.10. The van der Waals surface area contributed by atoms with Gasteiger partial charge in [0.25, 0.3) is 0 Å². The second kappa shape index (κ2) is 5.61. The predicted octanol–water partition coefficient (Wildman–Crippen LogP) is 2.05. The van der Waals surface area contributed by atoms with E-state index in [4.69, 9.17) is 4.74 Å². The molecule has 0 amide bonds. The van der Waals surface area contributed by atoms with Gasteiger partial charge in [-0.15, -0.1) is 0 Å². The number of ether oxygens (including phenoxy) is 1. The third-order valence-corrected chi connectivity index (χ3v) is 1.54. The fourth-order valence-corrected chi connectivity index (χ4v) is 0.948. The Morgan fingerprint density at radius 1 is 1.25 bits per heavy atom. The van der Waals surface area contributed by atoms with Crippen molar-refractivity contribution in [2.75, 3.05) is 14.2 Å². The molecule has 1 aromatic rings. The molecule has 0 fully saturated rings. The Bertz CT molecular complexity index is 206. The summed E-state index contributed by atoms with van der Waals surface area (Å²) in [7, 11) is 3.61. The summed E-state index contributed by atoms with van der Waals surface area (Å²) >= 11 is 0. The van der Waals surface area contributed by atoms with Gasteiger partial charge in [0.1, 0.15) is 5.75 Å². The molecule has 1 aromatic carbocycles. The van der Waals surface area contributed by atoms with Gasteiger partial charge in [0.15, 0.2) is 0 Å². The van der Waals surface area contributed by atoms with Crippen LogP contribution in [0.1, 0.15) is 13.0 Å². The van der Waals surface area contributed by atoms with Crippen LogP contribution in [0.4, 0.5) is 0 Å². The molecule has 12 heavy (non-hydrogen) atoms. The van der Waals surface area contributed by atoms with Gasteiger partial charge in [-0.25, -0.2) is 0 Å². The van der Waals surface area contributed by atoms with E-state index in [9.17, 15) is 0 Å². The highest BCUT2D eigenvalue weighted by Gasteiger charge is 1.90. The second-order valence-corrected chi connectivity index (χ2v) is 2.38. The molecule has 0 aliphatic carbocycles. The van der Waals surface area contributed by atoms with Crippen LogP contribution in [0.3, 0.4) is 0 Å². The van der Waals surface area contributed by atoms with E-state index in [1.807, 2.05) is 19.2 Å². The number of hydrogen-bond donors (Lipinski definition) is 1. The lowest BCUT2D eigenvalue weighted by Crippen LogP contribution is -2.04. The summed E-state index contributed by atoms with van der Waals surface area (Å²) in [5.41, 5.74) is 1.27. The summed E-state index contributed by atoms with van der Waals surface area (Å²) in [6, 6.07) is 8.03. The molecule has 0 unspecified atom stereocenters. The number of rotatable bonds is 3. The molecule has 0 aromatic heterocycles. The van der Waals surface area contributed by atoms with Crippen LogP contribution < -0.4 is 10.1 Å². The molecule has 0 radical (unpaired) electrons. The Labute approximate surface area is 74.6 Å². The largest absolute Gasteiger partial charge is 0.497 e. The van der Waals surface area contributed by atoms with Crippen LogP contribution in [0.5, 0.6) is 5.75 Å². The SMILES string of the molecule is C.CNCc1ccc(OC)cc1. The minimum atomic E-state index is 0. The van der Waals surface area contributed by atoms with Crippen molar-refractivity contribution < 1.29 is 4.74 Å². The lowest BCUT2D eigenvalue weighted by molar-refractivity contribution is 0.414. The molecular formula is C10H17NO. The van der Waals surface area contributed by atoms with Crippen molar-refractivity contribution >= 4 is 0 Å². The van der Waals surface area contributed by atoms with Crippen LogP contribution in [0, 0.1) is 0 Å². The first-order valence-electron chi connectivity index (χ1n) is 3.64. The van der Waals surface area contributed by atoms with E-state index < -0.39 is 0 Å². The summed E-state index contributed by atoms with van der Waals surface area (Å²) in [4.78, 5) is 0. The van der Waals surface area contributed by atoms with Gasteiger partial charge in [0.2, 0.25) is 0 Å². The van der Waals surface area contributed by atoms with Crippen LogP contribution >= 0.6 is 0 Å². The van der Waals surface area contributed by atoms with E-state index in [-0.39, 0.29) is 7.43 Å². The van der Waals surface area contributed by atoms with Crippen LogP contribution in [-0.4, -0.2) is 14.2 Å². The average molecular weight is 167 g/mol. The van der Waals surface area contributed by atoms with Crippen LogP contribution in [-0.2, 0) is 6.54 Å². The monoisotopic (exact) mass is 167 g/mol. The van der Waals surface area contributed by atoms with E-state index in [0.717, 1.165) is 12.3 Å². The Morgan fingerprint density at radius 2 is 1.83 bits per heavy atom. The van der Waals surface area contributed by atoms with Crippen LogP contribution in [0.15, 0.2) is 24.3 Å². The molecular weight excluding hydrogens is 150 g/mol. The third kappa shape index (κ3) is 2.93. The van der Waals surface area contributed by atoms with E-state index in [0.29, 0.717) is 0 Å². The lowest BCUT2D eigenvalue weighted by atomic mass is 10.2. The van der Waals surface area contributed by atoms with Crippen molar-refractivity contribution in [3.8, 4) is 5.75 Å². The van der Waals surface area contributed by atoms with Crippen molar-refractivity contribution in [3.63, 3.8) is 0 Å². The van der Waals surface area contributed by atoms with Gasteiger partial charge in [-0.1, -0.05) is 19.6 Å². The molecule has 0 saturated carbocycles. The highest BCUT2D eigenvalue weighted by molar-refractivity contribution is 5.26. The van der Waals surface area contributed by atoms with Crippen molar-refractivity contribution in [1.29, 1.82) is 0 Å². The second-order valence-electron chi connectivity index (χ2n) is 2.38. The first-order valence-corrected chi connectivity index (χ1v) is 3.64. The zero-order valence-corrected chi connectivity index (χ0v) is 6.92. The summed E-state index contributed by atoms with van der Waals surface area (Å²) in [6.07, 6.45) is 0. The topological polar surface area (TPSA) is 21.3 Å². The molecule has 1 rings (SSSR count). The fourth-order valence-electron chi connectivity index (χ4n) is 0.948. The zero-order chi connectivity index (χ0) is 8.10. The summed E-state index contributed by atoms with van der Waals surface area (Å²) in [5, 5.41) is 3.08. The molecule has 0 aliphatic rings. The molecule has 0 heterocycles. The third-order valence-electron chi connectivity index (χ3n) is 1.54. The lowest BCUT2D eigenvalue weighted by Gasteiger charge is -2.01. The van der Waals surface area contributed by atoms with Gasteiger partial charge in [0, 0.05) is 6.54 Å². The molecule has 68 valence electrons. The Kier molecular flexibility index (Phi) is 5.13. The molecule has 2 nitrogen and oxygen atoms in total. The first kappa shape index (κ1) is 11.0. The van der Waals surface area contributed by atoms with E-state index in [2.05, 4.69) is 17.4 Å². The minimum absolute atomic E-state index is 0. The average Bonchev–Trinajstić information content (AvgIpc) is 2.07. The van der Waals surface area contributed by atoms with Crippen molar-refractivity contribution in [3.05, 3.63) is 29.8 Å². The van der Waals surface area contributed by atoms with Crippen molar-refractivity contribution in [1.82, 2.24) is 5.32 Å². The summed E-state index contributed by atoms with van der Waals surface area (Å²) < 4.78 is 5.03. The summed E-state index contributed by atoms with van der Waals surface area (Å²) in [5.74, 6) is 0.907. The Hall–Kier alpha value is -1.02. The standard InChI is InChI=1S/C9H13NO.CH4/c1-10-7-8-3-5-9(11-2)6-4-8;/h3-6,10H,7H2,1-2H3;1H4. The van der Waals surface area contributed by atoms with Gasteiger partial charge in [-0.3, -0.25) is 0 Å². The molecule has 0 saturated heterocycles. The first-order chi connectivity index (χ1) is 5.36. The van der Waals surface area contributed by atoms with E-state index in [1.54, 1.807) is 7.11 Å². The predicted molar refractivity (Wildman–Crippen MR) is 52.5 cm³/mol. The molecule has 0 atom stereocenters. The number of methoxy groups -OCH3 is 1. The van der Waals surface area contributed by atoms with Crippen LogP contribution in [0.2, 0.25) is 0 Å². The van der Waals surface area contributed by atoms with Crippen LogP contribution in [0.25, 0.3) is 0 Å². The Morgan fingerprint density at radius 3 is 2.25 bits per heavy atom. The maximum Gasteiger partial charge on any atom is 0.118 e. The zero-order valence-electron chi connectivity index (χ0n) is 6.92. The number of benzene rings is 1. The Balaban J connectivity index is 0.00000121. The maximum absolute atomic E-state index is 5.03. The molecule has 1 N–H and O–H groups in total.